The molecule has 32 heavy (non-hydrogen) atoms. The quantitative estimate of drug-likeness (QED) is 0.696. The SMILES string of the molecule is Cc1cc(B2OC(C)(C)C(C)(C)O2)ccc1CC(=O)Nc1cc(C2(C(F)(F)F)CC2)on1. The molecule has 0 radical (unpaired) electrons. The van der Waals surface area contributed by atoms with Crippen LogP contribution in [0.5, 0.6) is 0 Å². The Bertz CT molecular complexity index is 1030. The predicted octanol–water partition coefficient (Wildman–Crippen LogP) is 4.06. The molecule has 4 rings (SSSR count). The summed E-state index contributed by atoms with van der Waals surface area (Å²) in [6.07, 6.45) is -4.42. The van der Waals surface area contributed by atoms with Crippen molar-refractivity contribution in [1.82, 2.24) is 5.16 Å². The summed E-state index contributed by atoms with van der Waals surface area (Å²) in [7, 11) is -0.501. The zero-order valence-corrected chi connectivity index (χ0v) is 18.7. The van der Waals surface area contributed by atoms with Crippen molar-refractivity contribution in [2.75, 3.05) is 5.32 Å². The Morgan fingerprint density at radius 1 is 1.12 bits per heavy atom. The van der Waals surface area contributed by atoms with Gasteiger partial charge in [-0.25, -0.2) is 0 Å². The van der Waals surface area contributed by atoms with Gasteiger partial charge in [0.2, 0.25) is 5.91 Å². The van der Waals surface area contributed by atoms with Crippen molar-refractivity contribution in [3.8, 4) is 0 Å². The molecule has 10 heteroatoms. The Hall–Kier alpha value is -2.33. The molecule has 0 bridgehead atoms. The molecule has 1 aliphatic heterocycles. The van der Waals surface area contributed by atoms with Gasteiger partial charge in [-0.3, -0.25) is 4.79 Å². The number of aromatic nitrogens is 1. The van der Waals surface area contributed by atoms with Crippen molar-refractivity contribution in [1.29, 1.82) is 0 Å². The highest BCUT2D eigenvalue weighted by Crippen LogP contribution is 2.59. The molecule has 1 N–H and O–H groups in total. The maximum absolute atomic E-state index is 13.2. The number of benzene rings is 1. The molecule has 1 aromatic heterocycles. The van der Waals surface area contributed by atoms with Crippen molar-refractivity contribution in [2.45, 2.75) is 76.7 Å². The molecule has 2 heterocycles. The van der Waals surface area contributed by atoms with E-state index in [2.05, 4.69) is 10.5 Å². The molecule has 0 spiro atoms. The van der Waals surface area contributed by atoms with Gasteiger partial charge in [-0.05, 0) is 64.1 Å². The highest BCUT2D eigenvalue weighted by atomic mass is 19.4. The standard InChI is InChI=1S/C22H26BF3N2O4/c1-13-10-15(23-31-19(2,3)20(4,5)32-23)7-6-14(13)11-18(29)27-17-12-16(30-28-17)21(8-9-21)22(24,25)26/h6-7,10,12H,8-9,11H2,1-5H3,(H,27,28,29). The van der Waals surface area contributed by atoms with E-state index in [9.17, 15) is 18.0 Å². The van der Waals surface area contributed by atoms with E-state index < -0.39 is 35.8 Å². The Kier molecular flexibility index (Phi) is 5.25. The van der Waals surface area contributed by atoms with Gasteiger partial charge >= 0.3 is 13.3 Å². The fourth-order valence-electron chi connectivity index (χ4n) is 3.76. The summed E-state index contributed by atoms with van der Waals surface area (Å²) in [4.78, 5) is 12.5. The maximum atomic E-state index is 13.2. The summed E-state index contributed by atoms with van der Waals surface area (Å²) < 4.78 is 56.7. The van der Waals surface area contributed by atoms with Crippen LogP contribution in [-0.2, 0) is 25.9 Å². The number of anilines is 1. The van der Waals surface area contributed by atoms with Gasteiger partial charge in [-0.15, -0.1) is 0 Å². The van der Waals surface area contributed by atoms with Crippen LogP contribution >= 0.6 is 0 Å². The molecule has 1 saturated carbocycles. The Labute approximate surface area is 185 Å². The van der Waals surface area contributed by atoms with Crippen molar-refractivity contribution in [3.05, 3.63) is 41.2 Å². The average molecular weight is 450 g/mol. The van der Waals surface area contributed by atoms with Gasteiger partial charge in [0.05, 0.1) is 17.6 Å². The lowest BCUT2D eigenvalue weighted by atomic mass is 9.77. The molecule has 2 fully saturated rings. The number of carbonyl (C=O) groups is 1. The van der Waals surface area contributed by atoms with E-state index in [4.69, 9.17) is 13.8 Å². The second kappa shape index (κ2) is 7.35. The number of nitrogens with zero attached hydrogens (tertiary/aromatic N) is 1. The summed E-state index contributed by atoms with van der Waals surface area (Å²) in [6.45, 7) is 9.80. The lowest BCUT2D eigenvalue weighted by molar-refractivity contribution is -0.165. The number of alkyl halides is 3. The van der Waals surface area contributed by atoms with Crippen LogP contribution in [0.3, 0.4) is 0 Å². The molecule has 6 nitrogen and oxygen atoms in total. The van der Waals surface area contributed by atoms with Crippen LogP contribution in [0, 0.1) is 6.92 Å². The van der Waals surface area contributed by atoms with E-state index in [1.165, 1.54) is 0 Å². The molecule has 1 amide bonds. The minimum Gasteiger partial charge on any atom is -0.399 e. The first kappa shape index (κ1) is 22.9. The number of rotatable bonds is 5. The molecule has 2 aliphatic rings. The fraction of sp³-hybridized carbons (Fsp3) is 0.545. The normalized spacial score (nSPS) is 20.9. The van der Waals surface area contributed by atoms with Crippen LogP contribution in [0.4, 0.5) is 19.0 Å². The van der Waals surface area contributed by atoms with E-state index in [1.54, 1.807) is 0 Å². The third kappa shape index (κ3) is 3.94. The number of nitrogens with one attached hydrogen (secondary N) is 1. The fourth-order valence-corrected chi connectivity index (χ4v) is 3.76. The first-order chi connectivity index (χ1) is 14.7. The largest absolute Gasteiger partial charge is 0.494 e. The van der Waals surface area contributed by atoms with Gasteiger partial charge in [0.25, 0.3) is 0 Å². The van der Waals surface area contributed by atoms with Crippen LogP contribution in [0.25, 0.3) is 0 Å². The van der Waals surface area contributed by atoms with Crippen molar-refractivity contribution < 1.29 is 31.8 Å². The van der Waals surface area contributed by atoms with E-state index in [-0.39, 0.29) is 30.8 Å². The topological polar surface area (TPSA) is 73.6 Å². The minimum absolute atomic E-state index is 0.0213. The molecule has 2 aromatic rings. The zero-order chi connectivity index (χ0) is 23.5. The van der Waals surface area contributed by atoms with E-state index in [1.807, 2.05) is 52.8 Å². The molecule has 1 saturated heterocycles. The van der Waals surface area contributed by atoms with Crippen molar-refractivity contribution in [3.63, 3.8) is 0 Å². The minimum atomic E-state index is -4.40. The van der Waals surface area contributed by atoms with Gasteiger partial charge in [0.1, 0.15) is 5.41 Å². The number of carbonyl (C=O) groups excluding carboxylic acids is 1. The molecule has 0 unspecified atom stereocenters. The second-order valence-electron chi connectivity index (χ2n) is 9.66. The number of hydrogen-bond donors (Lipinski definition) is 1. The van der Waals surface area contributed by atoms with Gasteiger partial charge < -0.3 is 19.1 Å². The third-order valence-electron chi connectivity index (χ3n) is 6.79. The van der Waals surface area contributed by atoms with E-state index >= 15 is 0 Å². The Morgan fingerprint density at radius 2 is 1.75 bits per heavy atom. The van der Waals surface area contributed by atoms with Gasteiger partial charge in [-0.2, -0.15) is 13.2 Å². The molecule has 0 atom stereocenters. The average Bonchev–Trinajstić information content (AvgIpc) is 3.31. The highest BCUT2D eigenvalue weighted by molar-refractivity contribution is 6.62. The molecule has 1 aliphatic carbocycles. The van der Waals surface area contributed by atoms with E-state index in [0.717, 1.165) is 22.7 Å². The van der Waals surface area contributed by atoms with Gasteiger partial charge in [-0.1, -0.05) is 23.4 Å². The van der Waals surface area contributed by atoms with Crippen LogP contribution in [-0.4, -0.2) is 35.6 Å². The monoisotopic (exact) mass is 450 g/mol. The number of amides is 1. The zero-order valence-electron chi connectivity index (χ0n) is 18.7. The van der Waals surface area contributed by atoms with Crippen molar-refractivity contribution >= 4 is 24.3 Å². The van der Waals surface area contributed by atoms with Crippen LogP contribution in [0.15, 0.2) is 28.8 Å². The Balaban J connectivity index is 1.41. The summed E-state index contributed by atoms with van der Waals surface area (Å²) in [5.41, 5.74) is -0.364. The third-order valence-corrected chi connectivity index (χ3v) is 6.79. The molecular weight excluding hydrogens is 424 g/mol. The predicted molar refractivity (Wildman–Crippen MR) is 113 cm³/mol. The van der Waals surface area contributed by atoms with Crippen LogP contribution in [0.2, 0.25) is 0 Å². The summed E-state index contributed by atoms with van der Waals surface area (Å²) >= 11 is 0. The number of halogens is 3. The lowest BCUT2D eigenvalue weighted by Gasteiger charge is -2.32. The first-order valence-corrected chi connectivity index (χ1v) is 10.5. The number of hydrogen-bond acceptors (Lipinski definition) is 5. The van der Waals surface area contributed by atoms with Gasteiger partial charge in [0.15, 0.2) is 11.6 Å². The molecule has 1 aromatic carbocycles. The molecule has 172 valence electrons. The summed E-state index contributed by atoms with van der Waals surface area (Å²) in [5, 5.41) is 6.11. The molecular formula is C22H26BF3N2O4. The van der Waals surface area contributed by atoms with Gasteiger partial charge in [0, 0.05) is 6.07 Å². The van der Waals surface area contributed by atoms with Crippen LogP contribution < -0.4 is 10.8 Å². The summed E-state index contributed by atoms with van der Waals surface area (Å²) in [6, 6.07) is 6.75. The Morgan fingerprint density at radius 3 is 2.28 bits per heavy atom. The maximum Gasteiger partial charge on any atom is 0.494 e. The first-order valence-electron chi connectivity index (χ1n) is 10.5. The highest BCUT2D eigenvalue weighted by Gasteiger charge is 2.67. The lowest BCUT2D eigenvalue weighted by Crippen LogP contribution is -2.41. The number of aryl methyl sites for hydroxylation is 1. The van der Waals surface area contributed by atoms with Crippen LogP contribution in [0.1, 0.15) is 57.4 Å². The second-order valence-corrected chi connectivity index (χ2v) is 9.66. The summed E-state index contributed by atoms with van der Waals surface area (Å²) in [5.74, 6) is -0.677. The van der Waals surface area contributed by atoms with Crippen molar-refractivity contribution in [2.24, 2.45) is 0 Å². The smallest absolute Gasteiger partial charge is 0.399 e. The van der Waals surface area contributed by atoms with E-state index in [0.29, 0.717) is 0 Å².